The van der Waals surface area contributed by atoms with Crippen molar-refractivity contribution in [3.8, 4) is 0 Å². The van der Waals surface area contributed by atoms with Crippen LogP contribution in [-0.2, 0) is 9.59 Å². The highest BCUT2D eigenvalue weighted by molar-refractivity contribution is 9.09. The first kappa shape index (κ1) is 9.19. The highest BCUT2D eigenvalue weighted by Crippen LogP contribution is 2.63. The summed E-state index contributed by atoms with van der Waals surface area (Å²) in [5.74, 6) is -0.00278. The number of piperidine rings is 1. The monoisotopic (exact) mass is 245 g/mol. The Hall–Kier alpha value is -0.380. The van der Waals surface area contributed by atoms with Crippen molar-refractivity contribution < 1.29 is 9.59 Å². The van der Waals surface area contributed by atoms with Crippen LogP contribution in [0, 0.1) is 17.3 Å². The van der Waals surface area contributed by atoms with Gasteiger partial charge < -0.3 is 0 Å². The van der Waals surface area contributed by atoms with E-state index >= 15 is 0 Å². The molecule has 1 heterocycles. The van der Waals surface area contributed by atoms with Gasteiger partial charge in [0.25, 0.3) is 0 Å². The highest BCUT2D eigenvalue weighted by Gasteiger charge is 2.72. The quantitative estimate of drug-likeness (QED) is 0.539. The molecular weight excluding hydrogens is 234 g/mol. The van der Waals surface area contributed by atoms with Gasteiger partial charge in [0.2, 0.25) is 11.8 Å². The zero-order valence-electron chi connectivity index (χ0n) is 7.71. The summed E-state index contributed by atoms with van der Waals surface area (Å²) in [6.07, 6.45) is 0. The van der Waals surface area contributed by atoms with Gasteiger partial charge in [0.15, 0.2) is 0 Å². The molecule has 0 aromatic heterocycles. The molecule has 2 rings (SSSR count). The van der Waals surface area contributed by atoms with Crippen LogP contribution in [0.5, 0.6) is 0 Å². The maximum Gasteiger partial charge on any atom is 0.233 e. The van der Waals surface area contributed by atoms with Crippen LogP contribution in [-0.4, -0.2) is 28.6 Å². The summed E-state index contributed by atoms with van der Waals surface area (Å²) in [5.41, 5.74) is -0.0724. The Balaban J connectivity index is 2.18. The molecule has 1 aliphatic heterocycles. The number of halogens is 1. The van der Waals surface area contributed by atoms with Crippen molar-refractivity contribution in [2.45, 2.75) is 13.8 Å². The van der Waals surface area contributed by atoms with Crippen LogP contribution in [0.25, 0.3) is 0 Å². The molecule has 2 amide bonds. The van der Waals surface area contributed by atoms with Crippen LogP contribution in [0.1, 0.15) is 13.8 Å². The van der Waals surface area contributed by atoms with Gasteiger partial charge in [-0.15, -0.1) is 0 Å². The summed E-state index contributed by atoms with van der Waals surface area (Å²) < 4.78 is 0. The lowest BCUT2D eigenvalue weighted by molar-refractivity contribution is -0.142. The number of nitrogens with zero attached hydrogens (tertiary/aromatic N) is 1. The van der Waals surface area contributed by atoms with Gasteiger partial charge >= 0.3 is 0 Å². The lowest BCUT2D eigenvalue weighted by Gasteiger charge is -2.18. The third kappa shape index (κ3) is 1.01. The molecule has 2 atom stereocenters. The fourth-order valence-electron chi connectivity index (χ4n) is 2.31. The van der Waals surface area contributed by atoms with Gasteiger partial charge in [-0.1, -0.05) is 29.8 Å². The fraction of sp³-hybridized carbons (Fsp3) is 0.778. The number of carbonyl (C=O) groups excluding carboxylic acids is 2. The van der Waals surface area contributed by atoms with Crippen molar-refractivity contribution in [2.75, 3.05) is 11.9 Å². The van der Waals surface area contributed by atoms with Gasteiger partial charge in [0, 0.05) is 11.9 Å². The number of likely N-dealkylation sites (tertiary alicyclic amines) is 1. The van der Waals surface area contributed by atoms with Crippen molar-refractivity contribution >= 4 is 27.7 Å². The largest absolute Gasteiger partial charge is 0.281 e. The van der Waals surface area contributed by atoms with E-state index < -0.39 is 0 Å². The smallest absolute Gasteiger partial charge is 0.233 e. The van der Waals surface area contributed by atoms with E-state index in [4.69, 9.17) is 0 Å². The van der Waals surface area contributed by atoms with Gasteiger partial charge in [-0.05, 0) is 5.41 Å². The molecule has 2 aliphatic rings. The molecule has 3 nitrogen and oxygen atoms in total. The molecule has 0 bridgehead atoms. The minimum Gasteiger partial charge on any atom is -0.281 e. The van der Waals surface area contributed by atoms with E-state index in [-0.39, 0.29) is 29.1 Å². The zero-order chi connectivity index (χ0) is 9.80. The SMILES string of the molecule is CC1(C)C2C(=O)N(CCBr)C(=O)C21. The van der Waals surface area contributed by atoms with Crippen molar-refractivity contribution in [3.63, 3.8) is 0 Å². The lowest BCUT2D eigenvalue weighted by atomic mass is 10.1. The van der Waals surface area contributed by atoms with E-state index in [2.05, 4.69) is 15.9 Å². The molecular formula is C9H12BrNO2. The van der Waals surface area contributed by atoms with Crippen LogP contribution in [0.3, 0.4) is 0 Å². The standard InChI is InChI=1S/C9H12BrNO2/c1-9(2)5-6(9)8(13)11(4-3-10)7(5)12/h5-6H,3-4H2,1-2H3. The van der Waals surface area contributed by atoms with E-state index in [9.17, 15) is 9.59 Å². The normalized spacial score (nSPS) is 35.2. The van der Waals surface area contributed by atoms with Gasteiger partial charge in [-0.2, -0.15) is 0 Å². The molecule has 0 aromatic rings. The molecule has 1 saturated heterocycles. The number of carbonyl (C=O) groups is 2. The molecule has 4 heteroatoms. The molecule has 0 spiro atoms. The molecule has 0 N–H and O–H groups in total. The first-order chi connectivity index (χ1) is 6.01. The second kappa shape index (κ2) is 2.56. The van der Waals surface area contributed by atoms with E-state index in [1.807, 2.05) is 13.8 Å². The maximum absolute atomic E-state index is 11.6. The number of fused-ring (bicyclic) bond motifs is 1. The summed E-state index contributed by atoms with van der Waals surface area (Å²) in [4.78, 5) is 24.7. The minimum absolute atomic E-state index is 0.0273. The van der Waals surface area contributed by atoms with Crippen molar-refractivity contribution in [3.05, 3.63) is 0 Å². The number of rotatable bonds is 2. The molecule has 72 valence electrons. The van der Waals surface area contributed by atoms with E-state index in [1.165, 1.54) is 4.90 Å². The second-order valence-corrected chi connectivity index (χ2v) is 5.09. The highest BCUT2D eigenvalue weighted by atomic mass is 79.9. The Morgan fingerprint density at radius 2 is 1.77 bits per heavy atom. The molecule has 2 fully saturated rings. The first-order valence-electron chi connectivity index (χ1n) is 4.43. The molecule has 13 heavy (non-hydrogen) atoms. The number of hydrogen-bond acceptors (Lipinski definition) is 2. The van der Waals surface area contributed by atoms with E-state index in [1.54, 1.807) is 0 Å². The van der Waals surface area contributed by atoms with Crippen LogP contribution < -0.4 is 0 Å². The number of hydrogen-bond donors (Lipinski definition) is 0. The Kier molecular flexibility index (Phi) is 1.81. The topological polar surface area (TPSA) is 37.4 Å². The molecule has 0 aromatic carbocycles. The van der Waals surface area contributed by atoms with Gasteiger partial charge in [-0.25, -0.2) is 0 Å². The van der Waals surface area contributed by atoms with Crippen LogP contribution in [0.4, 0.5) is 0 Å². The van der Waals surface area contributed by atoms with Crippen molar-refractivity contribution in [1.29, 1.82) is 0 Å². The number of alkyl halides is 1. The Bertz CT molecular complexity index is 263. The molecule has 2 unspecified atom stereocenters. The molecule has 1 aliphatic carbocycles. The summed E-state index contributed by atoms with van der Waals surface area (Å²) in [5, 5.41) is 0.671. The van der Waals surface area contributed by atoms with Crippen molar-refractivity contribution in [2.24, 2.45) is 17.3 Å². The summed E-state index contributed by atoms with van der Waals surface area (Å²) in [6, 6.07) is 0. The predicted octanol–water partition coefficient (Wildman–Crippen LogP) is 1.02. The summed E-state index contributed by atoms with van der Waals surface area (Å²) >= 11 is 3.23. The van der Waals surface area contributed by atoms with Crippen LogP contribution in [0.2, 0.25) is 0 Å². The average molecular weight is 246 g/mol. The van der Waals surface area contributed by atoms with Crippen LogP contribution >= 0.6 is 15.9 Å². The van der Waals surface area contributed by atoms with Crippen LogP contribution in [0.15, 0.2) is 0 Å². The predicted molar refractivity (Wildman–Crippen MR) is 51.3 cm³/mol. The lowest BCUT2D eigenvalue weighted by Crippen LogP contribution is -2.37. The fourth-order valence-corrected chi connectivity index (χ4v) is 2.66. The third-order valence-electron chi connectivity index (χ3n) is 3.20. The Labute approximate surface area is 85.6 Å². The zero-order valence-corrected chi connectivity index (χ0v) is 9.30. The third-order valence-corrected chi connectivity index (χ3v) is 3.55. The maximum atomic E-state index is 11.6. The first-order valence-corrected chi connectivity index (χ1v) is 5.55. The summed E-state index contributed by atoms with van der Waals surface area (Å²) in [7, 11) is 0. The number of amides is 2. The molecule has 1 saturated carbocycles. The minimum atomic E-state index is -0.0724. The van der Waals surface area contributed by atoms with E-state index in [0.29, 0.717) is 11.9 Å². The average Bonchev–Trinajstić information content (AvgIpc) is 2.51. The van der Waals surface area contributed by atoms with Gasteiger partial charge in [0.05, 0.1) is 11.8 Å². The van der Waals surface area contributed by atoms with Crippen molar-refractivity contribution in [1.82, 2.24) is 4.90 Å². The van der Waals surface area contributed by atoms with E-state index in [0.717, 1.165) is 0 Å². The Morgan fingerprint density at radius 3 is 2.15 bits per heavy atom. The summed E-state index contributed by atoms with van der Waals surface area (Å²) in [6.45, 7) is 4.49. The van der Waals surface area contributed by atoms with Gasteiger partial charge in [0.1, 0.15) is 0 Å². The van der Waals surface area contributed by atoms with Gasteiger partial charge in [-0.3, -0.25) is 14.5 Å². The number of imide groups is 1. The second-order valence-electron chi connectivity index (χ2n) is 4.29. The Morgan fingerprint density at radius 1 is 1.31 bits per heavy atom. The molecule has 0 radical (unpaired) electrons.